The van der Waals surface area contributed by atoms with E-state index in [1.54, 1.807) is 25.1 Å². The first kappa shape index (κ1) is 12.1. The highest BCUT2D eigenvalue weighted by atomic mass is 19.1. The van der Waals surface area contributed by atoms with Gasteiger partial charge in [-0.05, 0) is 48.9 Å². The Morgan fingerprint density at radius 1 is 1.22 bits per heavy atom. The number of anilines is 1. The molecule has 0 heterocycles. The van der Waals surface area contributed by atoms with Crippen LogP contribution in [-0.2, 0) is 0 Å². The summed E-state index contributed by atoms with van der Waals surface area (Å²) in [5, 5.41) is 11.9. The van der Waals surface area contributed by atoms with Crippen LogP contribution in [0.3, 0.4) is 0 Å². The van der Waals surface area contributed by atoms with Crippen LogP contribution in [-0.4, -0.2) is 11.0 Å². The lowest BCUT2D eigenvalue weighted by atomic mass is 10.1. The van der Waals surface area contributed by atoms with Crippen LogP contribution in [0.2, 0.25) is 0 Å². The van der Waals surface area contributed by atoms with Crippen LogP contribution < -0.4 is 5.32 Å². The molecule has 1 amide bonds. The standard InChI is InChI=1S/C14H12FNO2/c1-9-7-11(5-6-13(9)15)16-14(18)10-3-2-4-12(17)8-10/h2-8,17H,1H3,(H,16,18). The number of halogens is 1. The van der Waals surface area contributed by atoms with Gasteiger partial charge in [0.1, 0.15) is 11.6 Å². The summed E-state index contributed by atoms with van der Waals surface area (Å²) in [7, 11) is 0. The van der Waals surface area contributed by atoms with E-state index in [2.05, 4.69) is 5.32 Å². The monoisotopic (exact) mass is 245 g/mol. The summed E-state index contributed by atoms with van der Waals surface area (Å²) in [4.78, 5) is 11.8. The summed E-state index contributed by atoms with van der Waals surface area (Å²) in [6.07, 6.45) is 0. The van der Waals surface area contributed by atoms with Gasteiger partial charge >= 0.3 is 0 Å². The van der Waals surface area contributed by atoms with Crippen molar-refractivity contribution in [2.45, 2.75) is 6.92 Å². The summed E-state index contributed by atoms with van der Waals surface area (Å²) >= 11 is 0. The second-order valence-electron chi connectivity index (χ2n) is 3.97. The molecule has 3 nitrogen and oxygen atoms in total. The van der Waals surface area contributed by atoms with Gasteiger partial charge in [-0.25, -0.2) is 4.39 Å². The van der Waals surface area contributed by atoms with Crippen molar-refractivity contribution in [1.82, 2.24) is 0 Å². The fourth-order valence-corrected chi connectivity index (χ4v) is 1.57. The summed E-state index contributed by atoms with van der Waals surface area (Å²) in [6, 6.07) is 10.4. The predicted octanol–water partition coefficient (Wildman–Crippen LogP) is 3.09. The smallest absolute Gasteiger partial charge is 0.255 e. The lowest BCUT2D eigenvalue weighted by molar-refractivity contribution is 0.102. The molecular weight excluding hydrogens is 233 g/mol. The molecule has 0 fully saturated rings. The molecule has 4 heteroatoms. The third-order valence-corrected chi connectivity index (χ3v) is 2.52. The molecule has 0 unspecified atom stereocenters. The Labute approximate surface area is 104 Å². The van der Waals surface area contributed by atoms with Crippen molar-refractivity contribution in [1.29, 1.82) is 0 Å². The van der Waals surface area contributed by atoms with Crippen molar-refractivity contribution in [3.8, 4) is 5.75 Å². The minimum Gasteiger partial charge on any atom is -0.508 e. The SMILES string of the molecule is Cc1cc(NC(=O)c2cccc(O)c2)ccc1F. The fraction of sp³-hybridized carbons (Fsp3) is 0.0714. The van der Waals surface area contributed by atoms with Crippen molar-refractivity contribution in [3.05, 3.63) is 59.4 Å². The van der Waals surface area contributed by atoms with Crippen molar-refractivity contribution >= 4 is 11.6 Å². The molecule has 2 aromatic carbocycles. The molecule has 0 atom stereocenters. The van der Waals surface area contributed by atoms with Gasteiger partial charge in [-0.2, -0.15) is 0 Å². The third-order valence-electron chi connectivity index (χ3n) is 2.52. The Kier molecular flexibility index (Phi) is 3.28. The zero-order chi connectivity index (χ0) is 13.1. The molecule has 2 N–H and O–H groups in total. The van der Waals surface area contributed by atoms with Gasteiger partial charge in [0.15, 0.2) is 0 Å². The first-order valence-corrected chi connectivity index (χ1v) is 5.43. The molecular formula is C14H12FNO2. The minimum atomic E-state index is -0.350. The number of nitrogens with one attached hydrogen (secondary N) is 1. The van der Waals surface area contributed by atoms with Crippen molar-refractivity contribution in [2.75, 3.05) is 5.32 Å². The van der Waals surface area contributed by atoms with Gasteiger partial charge in [-0.15, -0.1) is 0 Å². The largest absolute Gasteiger partial charge is 0.508 e. The molecule has 0 aliphatic rings. The van der Waals surface area contributed by atoms with Crippen LogP contribution in [0.4, 0.5) is 10.1 Å². The highest BCUT2D eigenvalue weighted by Gasteiger charge is 2.07. The van der Waals surface area contributed by atoms with E-state index in [0.29, 0.717) is 16.8 Å². The average molecular weight is 245 g/mol. The number of aromatic hydroxyl groups is 1. The topological polar surface area (TPSA) is 49.3 Å². The fourth-order valence-electron chi connectivity index (χ4n) is 1.57. The molecule has 92 valence electrons. The molecule has 0 spiro atoms. The second kappa shape index (κ2) is 4.87. The maximum absolute atomic E-state index is 13.1. The van der Waals surface area contributed by atoms with E-state index in [4.69, 9.17) is 0 Å². The van der Waals surface area contributed by atoms with E-state index >= 15 is 0 Å². The highest BCUT2D eigenvalue weighted by Crippen LogP contribution is 2.16. The van der Waals surface area contributed by atoms with E-state index < -0.39 is 0 Å². The number of hydrogen-bond acceptors (Lipinski definition) is 2. The zero-order valence-corrected chi connectivity index (χ0v) is 9.77. The summed E-state index contributed by atoms with van der Waals surface area (Å²) in [6.45, 7) is 1.62. The van der Waals surface area contributed by atoms with Crippen LogP contribution in [0.1, 0.15) is 15.9 Å². The summed E-state index contributed by atoms with van der Waals surface area (Å²) < 4.78 is 13.1. The number of carbonyl (C=O) groups is 1. The van der Waals surface area contributed by atoms with Gasteiger partial charge in [0.25, 0.3) is 5.91 Å². The Morgan fingerprint density at radius 3 is 2.67 bits per heavy atom. The first-order valence-electron chi connectivity index (χ1n) is 5.43. The van der Waals surface area contributed by atoms with Crippen molar-refractivity contribution in [2.24, 2.45) is 0 Å². The molecule has 0 aliphatic heterocycles. The van der Waals surface area contributed by atoms with Gasteiger partial charge < -0.3 is 10.4 Å². The lowest BCUT2D eigenvalue weighted by Crippen LogP contribution is -2.11. The van der Waals surface area contributed by atoms with Crippen LogP contribution in [0.5, 0.6) is 5.75 Å². The molecule has 2 rings (SSSR count). The average Bonchev–Trinajstić information content (AvgIpc) is 2.34. The number of aryl methyl sites for hydroxylation is 1. The van der Waals surface area contributed by atoms with E-state index in [0.717, 1.165) is 0 Å². The number of rotatable bonds is 2. The van der Waals surface area contributed by atoms with Crippen molar-refractivity contribution in [3.63, 3.8) is 0 Å². The van der Waals surface area contributed by atoms with Crippen LogP contribution >= 0.6 is 0 Å². The second-order valence-corrected chi connectivity index (χ2v) is 3.97. The predicted molar refractivity (Wildman–Crippen MR) is 67.2 cm³/mol. The van der Waals surface area contributed by atoms with Gasteiger partial charge in [-0.3, -0.25) is 4.79 Å². The van der Waals surface area contributed by atoms with Gasteiger partial charge in [-0.1, -0.05) is 6.07 Å². The third kappa shape index (κ3) is 2.66. The maximum atomic E-state index is 13.1. The van der Waals surface area contributed by atoms with E-state index in [-0.39, 0.29) is 17.5 Å². The number of amides is 1. The van der Waals surface area contributed by atoms with Crippen molar-refractivity contribution < 1.29 is 14.3 Å². The molecule has 0 aliphatic carbocycles. The number of phenolic OH excluding ortho intramolecular Hbond substituents is 1. The van der Waals surface area contributed by atoms with Gasteiger partial charge in [0, 0.05) is 11.3 Å². The molecule has 0 aromatic heterocycles. The zero-order valence-electron chi connectivity index (χ0n) is 9.77. The number of carbonyl (C=O) groups excluding carboxylic acids is 1. The van der Waals surface area contributed by atoms with E-state index in [1.807, 2.05) is 0 Å². The van der Waals surface area contributed by atoms with Gasteiger partial charge in [0.2, 0.25) is 0 Å². The molecule has 18 heavy (non-hydrogen) atoms. The number of benzene rings is 2. The number of phenols is 1. The molecule has 0 saturated heterocycles. The highest BCUT2D eigenvalue weighted by molar-refractivity contribution is 6.04. The first-order chi connectivity index (χ1) is 8.56. The Balaban J connectivity index is 2.18. The lowest BCUT2D eigenvalue weighted by Gasteiger charge is -2.06. The van der Waals surface area contributed by atoms with Gasteiger partial charge in [0.05, 0.1) is 0 Å². The van der Waals surface area contributed by atoms with Crippen LogP contribution in [0.15, 0.2) is 42.5 Å². The minimum absolute atomic E-state index is 0.0259. The van der Waals surface area contributed by atoms with Crippen LogP contribution in [0.25, 0.3) is 0 Å². The quantitative estimate of drug-likeness (QED) is 0.854. The molecule has 0 saturated carbocycles. The molecule has 2 aromatic rings. The van der Waals surface area contributed by atoms with E-state index in [1.165, 1.54) is 24.3 Å². The summed E-state index contributed by atoms with van der Waals surface area (Å²) in [5.41, 5.74) is 1.32. The number of hydrogen-bond donors (Lipinski definition) is 2. The molecule has 0 bridgehead atoms. The molecule has 0 radical (unpaired) electrons. The van der Waals surface area contributed by atoms with E-state index in [9.17, 15) is 14.3 Å². The normalized spacial score (nSPS) is 10.1. The van der Waals surface area contributed by atoms with Crippen LogP contribution in [0, 0.1) is 12.7 Å². The Bertz CT molecular complexity index is 596. The Morgan fingerprint density at radius 2 is 2.00 bits per heavy atom. The summed E-state index contributed by atoms with van der Waals surface area (Å²) in [5.74, 6) is -0.639. The Hall–Kier alpha value is -2.36. The maximum Gasteiger partial charge on any atom is 0.255 e.